The molecule has 2 heterocycles. The lowest BCUT2D eigenvalue weighted by Gasteiger charge is -2.18. The van der Waals surface area contributed by atoms with E-state index < -0.39 is 6.35 Å². The Labute approximate surface area is 70.1 Å². The molecule has 1 aromatic rings. The summed E-state index contributed by atoms with van der Waals surface area (Å²) in [4.78, 5) is 9.66. The van der Waals surface area contributed by atoms with Crippen LogP contribution in [0.5, 0.6) is 0 Å². The van der Waals surface area contributed by atoms with Gasteiger partial charge in [-0.1, -0.05) is 0 Å². The third-order valence-electron chi connectivity index (χ3n) is 1.88. The van der Waals surface area contributed by atoms with Crippen molar-refractivity contribution in [3.8, 4) is 0 Å². The summed E-state index contributed by atoms with van der Waals surface area (Å²) in [5.74, 6) is 0.764. The Morgan fingerprint density at radius 1 is 1.75 bits per heavy atom. The molecular formula is C7H10N4O. The Bertz CT molecular complexity index is 290. The predicted octanol–water partition coefficient (Wildman–Crippen LogP) is 0.00430. The second kappa shape index (κ2) is 2.60. The molecule has 0 bridgehead atoms. The number of fused-ring (bicyclic) bond motifs is 1. The van der Waals surface area contributed by atoms with E-state index in [1.807, 2.05) is 6.92 Å². The summed E-state index contributed by atoms with van der Waals surface area (Å²) in [6.07, 6.45) is 2.46. The first-order chi connectivity index (χ1) is 5.83. The van der Waals surface area contributed by atoms with Gasteiger partial charge in [-0.2, -0.15) is 0 Å². The van der Waals surface area contributed by atoms with Crippen LogP contribution in [0.25, 0.3) is 0 Å². The maximum absolute atomic E-state index is 9.46. The second-order valence-electron chi connectivity index (χ2n) is 2.56. The van der Waals surface area contributed by atoms with Crippen LogP contribution in [0.15, 0.2) is 12.5 Å². The Balaban J connectivity index is 2.40. The molecule has 2 N–H and O–H groups in total. The SMILES string of the molecule is CCN1c2ncncc2NC1O. The topological polar surface area (TPSA) is 61.3 Å². The summed E-state index contributed by atoms with van der Waals surface area (Å²) in [5.41, 5.74) is 0.784. The number of nitrogens with zero attached hydrogens (tertiary/aromatic N) is 3. The zero-order chi connectivity index (χ0) is 8.55. The van der Waals surface area contributed by atoms with Crippen molar-refractivity contribution in [2.75, 3.05) is 16.8 Å². The van der Waals surface area contributed by atoms with Crippen molar-refractivity contribution in [2.24, 2.45) is 0 Å². The number of hydrogen-bond acceptors (Lipinski definition) is 5. The van der Waals surface area contributed by atoms with Crippen LogP contribution in [-0.4, -0.2) is 28.0 Å². The number of anilines is 2. The normalized spacial score (nSPS) is 20.5. The molecule has 12 heavy (non-hydrogen) atoms. The molecule has 1 atom stereocenters. The first-order valence-corrected chi connectivity index (χ1v) is 3.84. The maximum Gasteiger partial charge on any atom is 0.206 e. The molecule has 1 aliphatic rings. The third-order valence-corrected chi connectivity index (χ3v) is 1.88. The van der Waals surface area contributed by atoms with Gasteiger partial charge in [-0.25, -0.2) is 9.97 Å². The van der Waals surface area contributed by atoms with Gasteiger partial charge in [0.15, 0.2) is 5.82 Å². The first-order valence-electron chi connectivity index (χ1n) is 3.84. The maximum atomic E-state index is 9.46. The summed E-state index contributed by atoms with van der Waals surface area (Å²) in [7, 11) is 0. The van der Waals surface area contributed by atoms with Gasteiger partial charge in [-0.3, -0.25) is 0 Å². The van der Waals surface area contributed by atoms with Gasteiger partial charge in [0, 0.05) is 6.54 Å². The van der Waals surface area contributed by atoms with Crippen molar-refractivity contribution in [1.82, 2.24) is 9.97 Å². The molecular weight excluding hydrogens is 156 g/mol. The van der Waals surface area contributed by atoms with E-state index in [0.29, 0.717) is 0 Å². The lowest BCUT2D eigenvalue weighted by molar-refractivity contribution is 0.205. The highest BCUT2D eigenvalue weighted by Gasteiger charge is 2.26. The molecule has 0 spiro atoms. The highest BCUT2D eigenvalue weighted by molar-refractivity contribution is 5.69. The van der Waals surface area contributed by atoms with Crippen LogP contribution in [0.2, 0.25) is 0 Å². The fourth-order valence-corrected chi connectivity index (χ4v) is 1.31. The zero-order valence-electron chi connectivity index (χ0n) is 6.73. The van der Waals surface area contributed by atoms with E-state index in [2.05, 4.69) is 15.3 Å². The highest BCUT2D eigenvalue weighted by Crippen LogP contribution is 2.29. The average Bonchev–Trinajstić information content (AvgIpc) is 2.40. The minimum atomic E-state index is -0.665. The summed E-state index contributed by atoms with van der Waals surface area (Å²) < 4.78 is 0. The van der Waals surface area contributed by atoms with E-state index in [1.54, 1.807) is 11.1 Å². The molecule has 1 unspecified atom stereocenters. The number of aromatic nitrogens is 2. The molecule has 5 nitrogen and oxygen atoms in total. The Kier molecular flexibility index (Phi) is 1.58. The van der Waals surface area contributed by atoms with E-state index >= 15 is 0 Å². The lowest BCUT2D eigenvalue weighted by Crippen LogP contribution is -2.35. The zero-order valence-corrected chi connectivity index (χ0v) is 6.73. The van der Waals surface area contributed by atoms with Crippen LogP contribution >= 0.6 is 0 Å². The van der Waals surface area contributed by atoms with Gasteiger partial charge in [-0.05, 0) is 6.92 Å². The van der Waals surface area contributed by atoms with Crippen molar-refractivity contribution in [1.29, 1.82) is 0 Å². The number of aliphatic hydroxyl groups is 1. The Hall–Kier alpha value is -1.36. The summed E-state index contributed by atoms with van der Waals surface area (Å²) >= 11 is 0. The molecule has 0 saturated carbocycles. The minimum absolute atomic E-state index is 0.665. The van der Waals surface area contributed by atoms with Crippen molar-refractivity contribution in [3.05, 3.63) is 12.5 Å². The molecule has 0 aromatic carbocycles. The second-order valence-corrected chi connectivity index (χ2v) is 2.56. The van der Waals surface area contributed by atoms with E-state index in [-0.39, 0.29) is 0 Å². The van der Waals surface area contributed by atoms with Crippen molar-refractivity contribution in [3.63, 3.8) is 0 Å². The third kappa shape index (κ3) is 0.902. The first kappa shape index (κ1) is 7.30. The van der Waals surface area contributed by atoms with Crippen LogP contribution in [0.1, 0.15) is 6.92 Å². The predicted molar refractivity (Wildman–Crippen MR) is 44.7 cm³/mol. The minimum Gasteiger partial charge on any atom is -0.356 e. The molecule has 1 aliphatic heterocycles. The van der Waals surface area contributed by atoms with E-state index in [0.717, 1.165) is 18.1 Å². The van der Waals surface area contributed by atoms with Gasteiger partial charge in [0.2, 0.25) is 6.35 Å². The summed E-state index contributed by atoms with van der Waals surface area (Å²) in [6, 6.07) is 0. The Morgan fingerprint density at radius 3 is 3.33 bits per heavy atom. The fraction of sp³-hybridized carbons (Fsp3) is 0.429. The molecule has 0 radical (unpaired) electrons. The van der Waals surface area contributed by atoms with E-state index in [9.17, 15) is 5.11 Å². The van der Waals surface area contributed by atoms with Crippen LogP contribution in [-0.2, 0) is 0 Å². The van der Waals surface area contributed by atoms with Gasteiger partial charge < -0.3 is 15.3 Å². The number of rotatable bonds is 1. The molecule has 5 heteroatoms. The molecule has 0 fully saturated rings. The summed E-state index contributed by atoms with van der Waals surface area (Å²) in [5, 5.41) is 12.3. The molecule has 64 valence electrons. The largest absolute Gasteiger partial charge is 0.356 e. The molecule has 0 saturated heterocycles. The van der Waals surface area contributed by atoms with E-state index in [4.69, 9.17) is 0 Å². The smallest absolute Gasteiger partial charge is 0.206 e. The summed E-state index contributed by atoms with van der Waals surface area (Å²) in [6.45, 7) is 2.68. The van der Waals surface area contributed by atoms with Crippen LogP contribution < -0.4 is 10.2 Å². The molecule has 1 aromatic heterocycles. The number of aliphatic hydroxyl groups excluding tert-OH is 1. The van der Waals surface area contributed by atoms with Crippen LogP contribution in [0.4, 0.5) is 11.5 Å². The molecule has 0 aliphatic carbocycles. The molecule has 0 amide bonds. The van der Waals surface area contributed by atoms with Gasteiger partial charge in [-0.15, -0.1) is 0 Å². The molecule has 2 rings (SSSR count). The van der Waals surface area contributed by atoms with Gasteiger partial charge in [0.05, 0.1) is 11.9 Å². The van der Waals surface area contributed by atoms with Gasteiger partial charge >= 0.3 is 0 Å². The number of hydrogen-bond donors (Lipinski definition) is 2. The fourth-order valence-electron chi connectivity index (χ4n) is 1.31. The quantitative estimate of drug-likeness (QED) is 0.615. The van der Waals surface area contributed by atoms with Crippen molar-refractivity contribution in [2.45, 2.75) is 13.3 Å². The van der Waals surface area contributed by atoms with E-state index in [1.165, 1.54) is 6.33 Å². The van der Waals surface area contributed by atoms with Crippen molar-refractivity contribution >= 4 is 11.5 Å². The Morgan fingerprint density at radius 2 is 2.58 bits per heavy atom. The van der Waals surface area contributed by atoms with Crippen molar-refractivity contribution < 1.29 is 5.11 Å². The standard InChI is InChI=1S/C7H10N4O/c1-2-11-6-5(10-7(11)12)3-8-4-9-6/h3-4,7,10,12H,2H2,1H3. The van der Waals surface area contributed by atoms with Crippen LogP contribution in [0.3, 0.4) is 0 Å². The van der Waals surface area contributed by atoms with Crippen LogP contribution in [0, 0.1) is 0 Å². The highest BCUT2D eigenvalue weighted by atomic mass is 16.3. The lowest BCUT2D eigenvalue weighted by atomic mass is 10.5. The monoisotopic (exact) mass is 166 g/mol. The van der Waals surface area contributed by atoms with Gasteiger partial charge in [0.25, 0.3) is 0 Å². The number of nitrogens with one attached hydrogen (secondary N) is 1. The van der Waals surface area contributed by atoms with Gasteiger partial charge in [0.1, 0.15) is 6.33 Å². The average molecular weight is 166 g/mol.